The predicted octanol–water partition coefficient (Wildman–Crippen LogP) is 1.39. The average Bonchev–Trinajstić information content (AvgIpc) is 2.49. The number of aromatic nitrogens is 2. The Morgan fingerprint density at radius 1 is 1.77 bits per heavy atom. The standard InChI is InChI=1S/C9H12N2O2/c1-2-7-11-8(5-6-10-11)3-4-9(12)13/h3-6H,2,7H2,1H3,(H,12,13). The lowest BCUT2D eigenvalue weighted by Crippen LogP contribution is -2.01. The van der Waals surface area contributed by atoms with Crippen LogP contribution in [0.2, 0.25) is 0 Å². The normalized spacial score (nSPS) is 10.8. The first-order valence-electron chi connectivity index (χ1n) is 4.17. The molecule has 0 unspecified atom stereocenters. The van der Waals surface area contributed by atoms with Crippen LogP contribution < -0.4 is 0 Å². The van der Waals surface area contributed by atoms with Gasteiger partial charge in [0.25, 0.3) is 0 Å². The van der Waals surface area contributed by atoms with Crippen molar-refractivity contribution in [3.05, 3.63) is 24.0 Å². The summed E-state index contributed by atoms with van der Waals surface area (Å²) >= 11 is 0. The number of aryl methyl sites for hydroxylation is 1. The lowest BCUT2D eigenvalue weighted by Gasteiger charge is -2.00. The number of carbonyl (C=O) groups is 1. The number of hydrogen-bond acceptors (Lipinski definition) is 2. The van der Waals surface area contributed by atoms with Crippen LogP contribution in [0.4, 0.5) is 0 Å². The second-order valence-electron chi connectivity index (χ2n) is 2.65. The number of nitrogens with zero attached hydrogens (tertiary/aromatic N) is 2. The number of carboxylic acids is 1. The Hall–Kier alpha value is -1.58. The zero-order chi connectivity index (χ0) is 9.68. The van der Waals surface area contributed by atoms with Gasteiger partial charge in [0.15, 0.2) is 0 Å². The minimum atomic E-state index is -0.941. The van der Waals surface area contributed by atoms with Crippen molar-refractivity contribution < 1.29 is 9.90 Å². The molecule has 13 heavy (non-hydrogen) atoms. The van der Waals surface area contributed by atoms with Crippen LogP contribution in [-0.2, 0) is 11.3 Å². The SMILES string of the molecule is CCCn1nccc1C=CC(=O)O. The first-order valence-corrected chi connectivity index (χ1v) is 4.17. The molecule has 1 N–H and O–H groups in total. The van der Waals surface area contributed by atoms with Crippen LogP contribution in [-0.4, -0.2) is 20.9 Å². The first kappa shape index (κ1) is 9.51. The topological polar surface area (TPSA) is 55.1 Å². The van der Waals surface area contributed by atoms with Crippen molar-refractivity contribution in [3.8, 4) is 0 Å². The molecule has 0 aliphatic rings. The van der Waals surface area contributed by atoms with Crippen molar-refractivity contribution in [3.63, 3.8) is 0 Å². The Morgan fingerprint density at radius 3 is 3.15 bits per heavy atom. The maximum absolute atomic E-state index is 10.2. The van der Waals surface area contributed by atoms with Gasteiger partial charge in [-0.3, -0.25) is 4.68 Å². The third-order valence-electron chi connectivity index (χ3n) is 1.58. The molecule has 0 saturated heterocycles. The Balaban J connectivity index is 2.75. The van der Waals surface area contributed by atoms with E-state index in [1.54, 1.807) is 23.0 Å². The second-order valence-corrected chi connectivity index (χ2v) is 2.65. The molecule has 0 bridgehead atoms. The lowest BCUT2D eigenvalue weighted by molar-refractivity contribution is -0.131. The van der Waals surface area contributed by atoms with Crippen LogP contribution in [0, 0.1) is 0 Å². The Labute approximate surface area is 76.5 Å². The van der Waals surface area contributed by atoms with Crippen LogP contribution in [0.1, 0.15) is 19.0 Å². The molecule has 0 atom stereocenters. The Bertz CT molecular complexity index is 315. The fourth-order valence-corrected chi connectivity index (χ4v) is 1.04. The molecule has 1 heterocycles. The summed E-state index contributed by atoms with van der Waals surface area (Å²) in [6, 6.07) is 1.79. The summed E-state index contributed by atoms with van der Waals surface area (Å²) in [7, 11) is 0. The summed E-state index contributed by atoms with van der Waals surface area (Å²) in [5.74, 6) is -0.941. The third kappa shape index (κ3) is 2.74. The van der Waals surface area contributed by atoms with E-state index in [1.165, 1.54) is 0 Å². The monoisotopic (exact) mass is 180 g/mol. The molecule has 1 aromatic heterocycles. The van der Waals surface area contributed by atoms with E-state index in [0.29, 0.717) is 0 Å². The summed E-state index contributed by atoms with van der Waals surface area (Å²) in [5, 5.41) is 12.5. The van der Waals surface area contributed by atoms with E-state index in [-0.39, 0.29) is 0 Å². The molecule has 70 valence electrons. The van der Waals surface area contributed by atoms with E-state index in [9.17, 15) is 4.79 Å². The molecule has 0 fully saturated rings. The molecule has 0 radical (unpaired) electrons. The van der Waals surface area contributed by atoms with Crippen LogP contribution in [0.25, 0.3) is 6.08 Å². The Kier molecular flexibility index (Phi) is 3.25. The minimum Gasteiger partial charge on any atom is -0.478 e. The molecule has 1 aromatic rings. The average molecular weight is 180 g/mol. The van der Waals surface area contributed by atoms with Gasteiger partial charge in [-0.25, -0.2) is 4.79 Å². The summed E-state index contributed by atoms with van der Waals surface area (Å²) < 4.78 is 1.78. The van der Waals surface area contributed by atoms with Crippen molar-refractivity contribution in [1.82, 2.24) is 9.78 Å². The number of hydrogen-bond donors (Lipinski definition) is 1. The minimum absolute atomic E-state index is 0.812. The highest BCUT2D eigenvalue weighted by atomic mass is 16.4. The molecule has 0 aliphatic heterocycles. The molecule has 0 amide bonds. The van der Waals surface area contributed by atoms with E-state index < -0.39 is 5.97 Å². The van der Waals surface area contributed by atoms with Crippen LogP contribution >= 0.6 is 0 Å². The quantitative estimate of drug-likeness (QED) is 0.712. The molecular formula is C9H12N2O2. The van der Waals surface area contributed by atoms with E-state index in [4.69, 9.17) is 5.11 Å². The molecule has 0 aromatic carbocycles. The highest BCUT2D eigenvalue weighted by Crippen LogP contribution is 2.02. The Morgan fingerprint density at radius 2 is 2.54 bits per heavy atom. The van der Waals surface area contributed by atoms with Gasteiger partial charge in [0.2, 0.25) is 0 Å². The molecule has 0 spiro atoms. The highest BCUT2D eigenvalue weighted by molar-refractivity contribution is 5.84. The molecule has 0 aliphatic carbocycles. The van der Waals surface area contributed by atoms with Gasteiger partial charge in [-0.15, -0.1) is 0 Å². The summed E-state index contributed by atoms with van der Waals surface area (Å²) in [6.07, 6.45) is 5.31. The van der Waals surface area contributed by atoms with Gasteiger partial charge >= 0.3 is 5.97 Å². The fourth-order valence-electron chi connectivity index (χ4n) is 1.04. The number of rotatable bonds is 4. The smallest absolute Gasteiger partial charge is 0.328 e. The van der Waals surface area contributed by atoms with Gasteiger partial charge in [0, 0.05) is 18.8 Å². The maximum atomic E-state index is 10.2. The molecular weight excluding hydrogens is 168 g/mol. The van der Waals surface area contributed by atoms with Crippen molar-refractivity contribution in [1.29, 1.82) is 0 Å². The zero-order valence-corrected chi connectivity index (χ0v) is 7.47. The largest absolute Gasteiger partial charge is 0.478 e. The van der Waals surface area contributed by atoms with Crippen molar-refractivity contribution in [2.75, 3.05) is 0 Å². The van der Waals surface area contributed by atoms with E-state index >= 15 is 0 Å². The molecule has 1 rings (SSSR count). The summed E-state index contributed by atoms with van der Waals surface area (Å²) in [5.41, 5.74) is 0.823. The van der Waals surface area contributed by atoms with Crippen LogP contribution in [0.5, 0.6) is 0 Å². The van der Waals surface area contributed by atoms with Gasteiger partial charge in [0.1, 0.15) is 0 Å². The lowest BCUT2D eigenvalue weighted by atomic mass is 10.3. The number of carboxylic acid groups (broad SMARTS) is 1. The number of aliphatic carboxylic acids is 1. The van der Waals surface area contributed by atoms with Gasteiger partial charge in [-0.1, -0.05) is 6.92 Å². The summed E-state index contributed by atoms with van der Waals surface area (Å²) in [6.45, 7) is 2.86. The first-order chi connectivity index (χ1) is 6.24. The zero-order valence-electron chi connectivity index (χ0n) is 7.47. The summed E-state index contributed by atoms with van der Waals surface area (Å²) in [4.78, 5) is 10.2. The fraction of sp³-hybridized carbons (Fsp3) is 0.333. The third-order valence-corrected chi connectivity index (χ3v) is 1.58. The van der Waals surface area contributed by atoms with E-state index in [1.807, 2.05) is 6.92 Å². The van der Waals surface area contributed by atoms with Crippen molar-refractivity contribution in [2.45, 2.75) is 19.9 Å². The predicted molar refractivity (Wildman–Crippen MR) is 49.2 cm³/mol. The van der Waals surface area contributed by atoms with Crippen molar-refractivity contribution >= 4 is 12.0 Å². The van der Waals surface area contributed by atoms with Crippen LogP contribution in [0.15, 0.2) is 18.3 Å². The van der Waals surface area contributed by atoms with Crippen molar-refractivity contribution in [2.24, 2.45) is 0 Å². The molecule has 4 heteroatoms. The van der Waals surface area contributed by atoms with E-state index in [0.717, 1.165) is 24.7 Å². The van der Waals surface area contributed by atoms with Crippen LogP contribution in [0.3, 0.4) is 0 Å². The van der Waals surface area contributed by atoms with E-state index in [2.05, 4.69) is 5.10 Å². The van der Waals surface area contributed by atoms with Gasteiger partial charge in [-0.2, -0.15) is 5.10 Å². The van der Waals surface area contributed by atoms with Gasteiger partial charge in [0.05, 0.1) is 5.69 Å². The second kappa shape index (κ2) is 4.45. The van der Waals surface area contributed by atoms with Gasteiger partial charge in [-0.05, 0) is 18.6 Å². The molecule has 4 nitrogen and oxygen atoms in total. The molecule has 0 saturated carbocycles. The van der Waals surface area contributed by atoms with Gasteiger partial charge < -0.3 is 5.11 Å². The maximum Gasteiger partial charge on any atom is 0.328 e. The highest BCUT2D eigenvalue weighted by Gasteiger charge is 1.97.